The lowest BCUT2D eigenvalue weighted by Gasteiger charge is -2.38. The maximum absolute atomic E-state index is 14.0. The van der Waals surface area contributed by atoms with Crippen LogP contribution in [-0.4, -0.2) is 24.5 Å². The number of carbonyl (C=O) groups is 3. The Morgan fingerprint density at radius 2 is 1.49 bits per heavy atom. The van der Waals surface area contributed by atoms with Crippen molar-refractivity contribution in [1.82, 2.24) is 0 Å². The van der Waals surface area contributed by atoms with Gasteiger partial charge in [-0.25, -0.2) is 0 Å². The summed E-state index contributed by atoms with van der Waals surface area (Å²) >= 11 is 0. The summed E-state index contributed by atoms with van der Waals surface area (Å²) in [6.45, 7) is 6.02. The van der Waals surface area contributed by atoms with E-state index in [-0.39, 0.29) is 28.3 Å². The molecule has 0 saturated heterocycles. The number of benzene rings is 3. The van der Waals surface area contributed by atoms with Gasteiger partial charge in [0.05, 0.1) is 30.1 Å². The normalized spacial score (nSPS) is 19.7. The number of methoxy groups -OCH3 is 1. The van der Waals surface area contributed by atoms with E-state index in [1.54, 1.807) is 31.4 Å². The first-order chi connectivity index (χ1) is 18.7. The first-order valence-corrected chi connectivity index (χ1v) is 13.1. The minimum Gasteiger partial charge on any atom is -0.497 e. The highest BCUT2D eigenvalue weighted by molar-refractivity contribution is 6.40. The fourth-order valence-corrected chi connectivity index (χ4v) is 6.16. The molecule has 0 unspecified atom stereocenters. The second-order valence-corrected chi connectivity index (χ2v) is 11.2. The van der Waals surface area contributed by atoms with Crippen molar-refractivity contribution in [3.05, 3.63) is 112 Å². The van der Waals surface area contributed by atoms with Crippen LogP contribution in [0.2, 0.25) is 0 Å². The van der Waals surface area contributed by atoms with Crippen LogP contribution in [0.15, 0.2) is 95.3 Å². The van der Waals surface area contributed by atoms with Crippen LogP contribution < -0.4 is 15.0 Å². The zero-order valence-corrected chi connectivity index (χ0v) is 22.5. The largest absolute Gasteiger partial charge is 0.497 e. The van der Waals surface area contributed by atoms with Gasteiger partial charge in [-0.05, 0) is 48.6 Å². The zero-order chi connectivity index (χ0) is 27.5. The number of hydrogen-bond donors (Lipinski definition) is 1. The number of allylic oxidation sites excluding steroid dienone is 3. The van der Waals surface area contributed by atoms with Crippen molar-refractivity contribution < 1.29 is 19.1 Å². The molecular formula is C33H30N2O4. The van der Waals surface area contributed by atoms with Gasteiger partial charge in [-0.15, -0.1) is 0 Å². The Bertz CT molecular complexity index is 1570. The van der Waals surface area contributed by atoms with Gasteiger partial charge in [-0.3, -0.25) is 14.4 Å². The van der Waals surface area contributed by atoms with E-state index in [2.05, 4.69) is 19.2 Å². The Hall–Kier alpha value is -4.45. The number of ether oxygens (including phenoxy) is 1. The van der Waals surface area contributed by atoms with Crippen molar-refractivity contribution in [3.63, 3.8) is 0 Å². The van der Waals surface area contributed by atoms with Gasteiger partial charge in [-0.1, -0.05) is 62.4 Å². The van der Waals surface area contributed by atoms with Crippen LogP contribution in [0, 0.1) is 5.41 Å². The molecule has 1 atom stereocenters. The molecule has 3 aromatic carbocycles. The van der Waals surface area contributed by atoms with Crippen molar-refractivity contribution in [3.8, 4) is 5.75 Å². The van der Waals surface area contributed by atoms with Gasteiger partial charge in [0.25, 0.3) is 0 Å². The van der Waals surface area contributed by atoms with Gasteiger partial charge in [-0.2, -0.15) is 0 Å². The van der Waals surface area contributed by atoms with E-state index in [9.17, 15) is 14.4 Å². The highest BCUT2D eigenvalue weighted by atomic mass is 16.5. The van der Waals surface area contributed by atoms with Crippen LogP contribution in [0.25, 0.3) is 0 Å². The van der Waals surface area contributed by atoms with Crippen LogP contribution in [0.3, 0.4) is 0 Å². The number of hydrogen-bond acceptors (Lipinski definition) is 6. The maximum atomic E-state index is 14.0. The molecule has 0 amide bonds. The molecule has 3 aromatic rings. The quantitative estimate of drug-likeness (QED) is 0.309. The molecule has 6 heteroatoms. The number of Topliss-reactive ketones (excluding diaryl/α,β-unsaturated/α-hetero) is 3. The third kappa shape index (κ3) is 3.98. The summed E-state index contributed by atoms with van der Waals surface area (Å²) in [6, 6.07) is 21.8. The van der Waals surface area contributed by atoms with Gasteiger partial charge in [0, 0.05) is 34.5 Å². The average molecular weight is 519 g/mol. The number of carbonyl (C=O) groups excluding carboxylic acids is 3. The number of rotatable bonds is 3. The first kappa shape index (κ1) is 24.9. The summed E-state index contributed by atoms with van der Waals surface area (Å²) < 4.78 is 5.41. The molecule has 3 aliphatic rings. The Morgan fingerprint density at radius 3 is 2.13 bits per heavy atom. The average Bonchev–Trinajstić information content (AvgIpc) is 3.07. The van der Waals surface area contributed by atoms with Crippen molar-refractivity contribution in [2.45, 2.75) is 39.7 Å². The topological polar surface area (TPSA) is 75.7 Å². The second kappa shape index (κ2) is 9.09. The molecule has 0 saturated carbocycles. The number of nitrogens with one attached hydrogen (secondary N) is 1. The minimum atomic E-state index is -0.553. The molecule has 0 spiro atoms. The SMILES string of the molecule is COc1ccc([C@@H]2C3=C(CC(C)(C)CC3=O)Nc3ccccc3N2C(C)=C2C(=O)c3ccccc3C2=O)cc1. The molecule has 0 bridgehead atoms. The smallest absolute Gasteiger partial charge is 0.199 e. The molecule has 2 aliphatic carbocycles. The predicted octanol–water partition coefficient (Wildman–Crippen LogP) is 6.66. The van der Waals surface area contributed by atoms with Gasteiger partial charge in [0.2, 0.25) is 0 Å². The first-order valence-electron chi connectivity index (χ1n) is 13.1. The predicted molar refractivity (Wildman–Crippen MR) is 151 cm³/mol. The molecule has 1 heterocycles. The lowest BCUT2D eigenvalue weighted by Crippen LogP contribution is -2.36. The van der Waals surface area contributed by atoms with E-state index in [4.69, 9.17) is 4.74 Å². The van der Waals surface area contributed by atoms with Crippen LogP contribution >= 0.6 is 0 Å². The summed E-state index contributed by atoms with van der Waals surface area (Å²) in [4.78, 5) is 43.2. The van der Waals surface area contributed by atoms with Crippen LogP contribution in [0.5, 0.6) is 5.75 Å². The molecule has 0 fully saturated rings. The van der Waals surface area contributed by atoms with Crippen molar-refractivity contribution in [1.29, 1.82) is 0 Å². The van der Waals surface area contributed by atoms with E-state index in [1.165, 1.54) is 0 Å². The summed E-state index contributed by atoms with van der Waals surface area (Å²) in [5, 5.41) is 3.58. The lowest BCUT2D eigenvalue weighted by atomic mass is 9.73. The fourth-order valence-electron chi connectivity index (χ4n) is 6.16. The monoisotopic (exact) mass is 518 g/mol. The van der Waals surface area contributed by atoms with E-state index < -0.39 is 6.04 Å². The number of nitrogens with zero attached hydrogens (tertiary/aromatic N) is 1. The lowest BCUT2D eigenvalue weighted by molar-refractivity contribution is -0.118. The number of fused-ring (bicyclic) bond motifs is 2. The molecule has 39 heavy (non-hydrogen) atoms. The van der Waals surface area contributed by atoms with Gasteiger partial charge >= 0.3 is 0 Å². The molecule has 1 aliphatic heterocycles. The Morgan fingerprint density at radius 1 is 0.872 bits per heavy atom. The van der Waals surface area contributed by atoms with Gasteiger partial charge in [0.15, 0.2) is 17.3 Å². The number of anilines is 2. The fraction of sp³-hybridized carbons (Fsp3) is 0.242. The molecule has 6 nitrogen and oxygen atoms in total. The molecule has 1 N–H and O–H groups in total. The zero-order valence-electron chi connectivity index (χ0n) is 22.5. The molecule has 196 valence electrons. The van der Waals surface area contributed by atoms with Crippen molar-refractivity contribution >= 4 is 28.7 Å². The Balaban J connectivity index is 1.64. The van der Waals surface area contributed by atoms with Crippen molar-refractivity contribution in [2.24, 2.45) is 5.41 Å². The third-order valence-corrected chi connectivity index (χ3v) is 7.93. The second-order valence-electron chi connectivity index (χ2n) is 11.2. The maximum Gasteiger partial charge on any atom is 0.199 e. The summed E-state index contributed by atoms with van der Waals surface area (Å²) in [6.07, 6.45) is 1.10. The van der Waals surface area contributed by atoms with E-state index in [0.717, 1.165) is 22.6 Å². The highest BCUT2D eigenvalue weighted by Crippen LogP contribution is 2.50. The molecule has 0 aromatic heterocycles. The highest BCUT2D eigenvalue weighted by Gasteiger charge is 2.44. The molecule has 0 radical (unpaired) electrons. The number of para-hydroxylation sites is 2. The van der Waals surface area contributed by atoms with E-state index in [0.29, 0.717) is 41.0 Å². The molecular weight excluding hydrogens is 488 g/mol. The van der Waals surface area contributed by atoms with Crippen molar-refractivity contribution in [2.75, 3.05) is 17.3 Å². The van der Waals surface area contributed by atoms with Crippen LogP contribution in [-0.2, 0) is 4.79 Å². The summed E-state index contributed by atoms with van der Waals surface area (Å²) in [7, 11) is 1.62. The van der Waals surface area contributed by atoms with E-state index >= 15 is 0 Å². The van der Waals surface area contributed by atoms with Crippen LogP contribution in [0.1, 0.15) is 65.9 Å². The summed E-state index contributed by atoms with van der Waals surface area (Å²) in [5.74, 6) is 0.176. The molecule has 6 rings (SSSR count). The number of ketones is 3. The Kier molecular flexibility index (Phi) is 5.79. The summed E-state index contributed by atoms with van der Waals surface area (Å²) in [5.41, 5.74) is 5.28. The van der Waals surface area contributed by atoms with Crippen LogP contribution in [0.4, 0.5) is 11.4 Å². The van der Waals surface area contributed by atoms with Gasteiger partial charge in [0.1, 0.15) is 5.75 Å². The minimum absolute atomic E-state index is 0.0533. The van der Waals surface area contributed by atoms with E-state index in [1.807, 2.05) is 60.4 Å². The third-order valence-electron chi connectivity index (χ3n) is 7.93. The van der Waals surface area contributed by atoms with Gasteiger partial charge < -0.3 is 15.0 Å². The standard InChI is InChI=1S/C33H30N2O4/c1-19(28-31(37)22-9-5-6-10-23(22)32(28)38)35-26-12-8-7-11-24(26)34-25-17-33(2,3)18-27(36)29(25)30(35)20-13-15-21(39-4)16-14-20/h5-16,30,34H,17-18H2,1-4H3/t30-/m1/s1. The Labute approximate surface area is 228 Å².